The Morgan fingerprint density at radius 1 is 1.12 bits per heavy atom. The molecule has 1 N–H and O–H groups in total. The third kappa shape index (κ3) is 4.32. The summed E-state index contributed by atoms with van der Waals surface area (Å²) in [5, 5.41) is 9.31. The number of nitrogens with zero attached hydrogens (tertiary/aromatic N) is 3. The summed E-state index contributed by atoms with van der Waals surface area (Å²) >= 11 is 1.55. The molecule has 7 nitrogen and oxygen atoms in total. The number of urea groups is 1. The van der Waals surface area contributed by atoms with E-state index >= 15 is 0 Å². The molecule has 0 fully saturated rings. The molecular formula is C26H24N4O3S. The van der Waals surface area contributed by atoms with E-state index in [0.717, 1.165) is 33.0 Å². The Balaban J connectivity index is 1.56. The Hall–Kier alpha value is -3.91. The fraction of sp³-hybridized carbons (Fsp3) is 0.192. The molecule has 2 aromatic heterocycles. The molecular weight excluding hydrogens is 448 g/mol. The maximum atomic E-state index is 13.3. The van der Waals surface area contributed by atoms with Gasteiger partial charge in [-0.25, -0.2) is 4.79 Å². The van der Waals surface area contributed by atoms with E-state index in [4.69, 9.17) is 9.26 Å². The number of hydrogen-bond donors (Lipinski definition) is 1. The largest absolute Gasteiger partial charge is 0.494 e. The van der Waals surface area contributed by atoms with E-state index in [1.54, 1.807) is 16.2 Å². The second-order valence-electron chi connectivity index (χ2n) is 7.86. The van der Waals surface area contributed by atoms with Gasteiger partial charge in [-0.15, -0.1) is 11.3 Å². The molecule has 0 aliphatic carbocycles. The van der Waals surface area contributed by atoms with Crippen molar-refractivity contribution in [3.63, 3.8) is 0 Å². The maximum Gasteiger partial charge on any atom is 0.322 e. The van der Waals surface area contributed by atoms with Gasteiger partial charge in [0, 0.05) is 5.70 Å². The smallest absolute Gasteiger partial charge is 0.322 e. The topological polar surface area (TPSA) is 80.5 Å². The predicted octanol–water partition coefficient (Wildman–Crippen LogP) is 5.89. The fourth-order valence-electron chi connectivity index (χ4n) is 4.07. The van der Waals surface area contributed by atoms with Crippen molar-refractivity contribution in [2.75, 3.05) is 6.61 Å². The van der Waals surface area contributed by atoms with Crippen molar-refractivity contribution in [1.82, 2.24) is 20.4 Å². The lowest BCUT2D eigenvalue weighted by molar-refractivity contribution is 0.203. The van der Waals surface area contributed by atoms with Crippen molar-refractivity contribution in [3.8, 4) is 16.5 Å². The third-order valence-corrected chi connectivity index (χ3v) is 6.54. The molecule has 3 heterocycles. The zero-order chi connectivity index (χ0) is 23.5. The second-order valence-corrected chi connectivity index (χ2v) is 8.81. The number of hydrogen-bond acceptors (Lipinski definition) is 6. The first-order valence-corrected chi connectivity index (χ1v) is 12.0. The molecule has 0 radical (unpaired) electrons. The van der Waals surface area contributed by atoms with Crippen LogP contribution in [-0.2, 0) is 6.54 Å². The van der Waals surface area contributed by atoms with Gasteiger partial charge in [0.05, 0.1) is 29.6 Å². The summed E-state index contributed by atoms with van der Waals surface area (Å²) in [6, 6.07) is 20.9. The molecule has 4 aromatic rings. The molecule has 0 spiro atoms. The Bertz CT molecular complexity index is 1310. The van der Waals surface area contributed by atoms with Crippen LogP contribution in [0.2, 0.25) is 0 Å². The number of carbonyl (C=O) groups excluding carboxylic acids is 1. The Kier molecular flexibility index (Phi) is 6.14. The first-order chi connectivity index (χ1) is 16.6. The highest BCUT2D eigenvalue weighted by molar-refractivity contribution is 7.13. The molecule has 8 heteroatoms. The number of benzene rings is 2. The van der Waals surface area contributed by atoms with Gasteiger partial charge in [0.15, 0.2) is 0 Å². The van der Waals surface area contributed by atoms with Gasteiger partial charge in [0.2, 0.25) is 5.82 Å². The Morgan fingerprint density at radius 3 is 2.74 bits per heavy atom. The van der Waals surface area contributed by atoms with Gasteiger partial charge in [0.1, 0.15) is 5.75 Å². The normalized spacial score (nSPS) is 16.0. The zero-order valence-corrected chi connectivity index (χ0v) is 19.7. The predicted molar refractivity (Wildman–Crippen MR) is 131 cm³/mol. The van der Waals surface area contributed by atoms with Crippen LogP contribution >= 0.6 is 11.3 Å². The lowest BCUT2D eigenvalue weighted by Gasteiger charge is -2.35. The number of aromatic nitrogens is 2. The average molecular weight is 473 g/mol. The van der Waals surface area contributed by atoms with Crippen LogP contribution in [0, 0.1) is 0 Å². The quantitative estimate of drug-likeness (QED) is 0.362. The molecule has 1 aliphatic rings. The maximum absolute atomic E-state index is 13.3. The molecule has 2 amide bonds. The van der Waals surface area contributed by atoms with Crippen molar-refractivity contribution in [2.24, 2.45) is 0 Å². The van der Waals surface area contributed by atoms with Crippen LogP contribution in [0.25, 0.3) is 16.3 Å². The van der Waals surface area contributed by atoms with Crippen LogP contribution in [-0.4, -0.2) is 27.7 Å². The molecule has 1 unspecified atom stereocenters. The standard InChI is InChI=1S/C26H24N4O3S/c1-3-32-20-12-7-9-18(15-20)16-30-17(2)22(23(27-26(30)31)19-10-5-4-6-11-19)25-28-24(29-33-25)21-13-8-14-34-21/h4-15,23H,3,16H2,1-2H3,(H,27,31). The highest BCUT2D eigenvalue weighted by atomic mass is 32.1. The first-order valence-electron chi connectivity index (χ1n) is 11.1. The van der Waals surface area contributed by atoms with Crippen molar-refractivity contribution >= 4 is 22.9 Å². The van der Waals surface area contributed by atoms with Crippen LogP contribution in [0.1, 0.15) is 36.9 Å². The zero-order valence-electron chi connectivity index (χ0n) is 18.9. The van der Waals surface area contributed by atoms with E-state index in [-0.39, 0.29) is 6.03 Å². The SMILES string of the molecule is CCOc1cccc(CN2C(=O)NC(c3ccccc3)C(c3nc(-c4cccs4)no3)=C2C)c1. The molecule has 34 heavy (non-hydrogen) atoms. The number of nitrogens with one attached hydrogen (secondary N) is 1. The third-order valence-electron chi connectivity index (χ3n) is 5.68. The van der Waals surface area contributed by atoms with Crippen LogP contribution in [0.15, 0.2) is 82.3 Å². The van der Waals surface area contributed by atoms with Crippen molar-refractivity contribution in [1.29, 1.82) is 0 Å². The van der Waals surface area contributed by atoms with Gasteiger partial charge in [0.25, 0.3) is 5.89 Å². The molecule has 172 valence electrons. The van der Waals surface area contributed by atoms with E-state index in [0.29, 0.717) is 24.9 Å². The molecule has 1 aliphatic heterocycles. The molecule has 2 aromatic carbocycles. The van der Waals surface area contributed by atoms with E-state index in [1.165, 1.54) is 0 Å². The molecule has 1 atom stereocenters. The number of thiophene rings is 1. The molecule has 5 rings (SSSR count). The second kappa shape index (κ2) is 9.52. The van der Waals surface area contributed by atoms with Crippen molar-refractivity contribution in [3.05, 3.63) is 94.8 Å². The minimum absolute atomic E-state index is 0.185. The van der Waals surface area contributed by atoms with Gasteiger partial charge in [-0.05, 0) is 48.6 Å². The van der Waals surface area contributed by atoms with Gasteiger partial charge in [-0.1, -0.05) is 53.7 Å². The summed E-state index contributed by atoms with van der Waals surface area (Å²) in [6.45, 7) is 4.84. The van der Waals surface area contributed by atoms with Gasteiger partial charge >= 0.3 is 6.03 Å². The highest BCUT2D eigenvalue weighted by Crippen LogP contribution is 2.38. The lowest BCUT2D eigenvalue weighted by atomic mass is 9.94. The molecule has 0 saturated carbocycles. The Labute approximate surface area is 201 Å². The van der Waals surface area contributed by atoms with E-state index in [9.17, 15) is 4.79 Å². The summed E-state index contributed by atoms with van der Waals surface area (Å²) in [7, 11) is 0. The van der Waals surface area contributed by atoms with Gasteiger partial charge < -0.3 is 14.6 Å². The number of carbonyl (C=O) groups is 1. The number of allylic oxidation sites excluding steroid dienone is 1. The number of ether oxygens (including phenoxy) is 1. The monoisotopic (exact) mass is 472 g/mol. The van der Waals surface area contributed by atoms with Gasteiger partial charge in [-0.2, -0.15) is 4.98 Å². The van der Waals surface area contributed by atoms with Gasteiger partial charge in [-0.3, -0.25) is 4.90 Å². The average Bonchev–Trinajstić information content (AvgIpc) is 3.55. The lowest BCUT2D eigenvalue weighted by Crippen LogP contribution is -2.45. The van der Waals surface area contributed by atoms with Crippen LogP contribution in [0.4, 0.5) is 4.79 Å². The minimum atomic E-state index is -0.406. The summed E-state index contributed by atoms with van der Waals surface area (Å²) in [6.07, 6.45) is 0. The van der Waals surface area contributed by atoms with E-state index in [1.807, 2.05) is 86.0 Å². The number of rotatable bonds is 7. The van der Waals surface area contributed by atoms with Crippen LogP contribution in [0.5, 0.6) is 5.75 Å². The van der Waals surface area contributed by atoms with Crippen LogP contribution in [0.3, 0.4) is 0 Å². The first kappa shape index (κ1) is 21.9. The molecule has 0 bridgehead atoms. The van der Waals surface area contributed by atoms with Crippen LogP contribution < -0.4 is 10.1 Å². The van der Waals surface area contributed by atoms with E-state index in [2.05, 4.69) is 15.5 Å². The minimum Gasteiger partial charge on any atom is -0.494 e. The van der Waals surface area contributed by atoms with E-state index < -0.39 is 6.04 Å². The summed E-state index contributed by atoms with van der Waals surface area (Å²) in [5.41, 5.74) is 3.45. The van der Waals surface area contributed by atoms with Crippen molar-refractivity contribution in [2.45, 2.75) is 26.4 Å². The summed E-state index contributed by atoms with van der Waals surface area (Å²) in [5.74, 6) is 1.70. The highest BCUT2D eigenvalue weighted by Gasteiger charge is 2.35. The number of amides is 2. The fourth-order valence-corrected chi connectivity index (χ4v) is 4.72. The summed E-state index contributed by atoms with van der Waals surface area (Å²) < 4.78 is 11.4. The van der Waals surface area contributed by atoms with Crippen molar-refractivity contribution < 1.29 is 14.1 Å². The Morgan fingerprint density at radius 2 is 1.97 bits per heavy atom. The summed E-state index contributed by atoms with van der Waals surface area (Å²) in [4.78, 5) is 20.6. The molecule has 0 saturated heterocycles.